The van der Waals surface area contributed by atoms with Gasteiger partial charge in [-0.3, -0.25) is 20.2 Å². The number of hydrogen-bond donors (Lipinski definition) is 5. The number of thiazole rings is 3. The molecular weight excluding hydrogens is 937 g/mol. The van der Waals surface area contributed by atoms with Crippen molar-refractivity contribution < 1.29 is 19.9 Å². The molecule has 3 fully saturated rings. The third-order valence-corrected chi connectivity index (χ3v) is 11.2. The Morgan fingerprint density at radius 1 is 0.783 bits per heavy atom. The first-order valence-corrected chi connectivity index (χ1v) is 22.0. The zero-order chi connectivity index (χ0) is 44.0. The van der Waals surface area contributed by atoms with E-state index in [2.05, 4.69) is 51.7 Å². The van der Waals surface area contributed by atoms with Crippen LogP contribution in [0.5, 0.6) is 0 Å². The highest BCUT2D eigenvalue weighted by Gasteiger charge is 2.23. The number of guanidine groups is 2. The first kappa shape index (κ1) is 49.3. The van der Waals surface area contributed by atoms with Crippen LogP contribution in [-0.2, 0) is 19.6 Å². The van der Waals surface area contributed by atoms with Gasteiger partial charge in [0.25, 0.3) is 24.3 Å². The lowest BCUT2D eigenvalue weighted by Gasteiger charge is -2.15. The summed E-state index contributed by atoms with van der Waals surface area (Å²) >= 11 is 22.8. The normalized spacial score (nSPS) is 16.4. The van der Waals surface area contributed by atoms with E-state index in [1.165, 1.54) is 41.1 Å². The van der Waals surface area contributed by atoms with E-state index >= 15 is 0 Å². The average molecular weight is 975 g/mol. The van der Waals surface area contributed by atoms with Crippen molar-refractivity contribution in [3.05, 3.63) is 111 Å². The highest BCUT2D eigenvalue weighted by molar-refractivity contribution is 7.98. The maximum absolute atomic E-state index is 10.4. The SMILES string of the molecule is CN/C(=N\[N+](=O)[O-])NCc1cnc(Cl)s1.CSCCN1CCNC1=C[N+](=O)[O-].O=[N+]([O-])/C=C1\NCCN1Cc1cnc(Cl)s1.O=[N+]([O-])/N=C1\NCCN1Cc1cnc(Cl)s1. The van der Waals surface area contributed by atoms with Gasteiger partial charge in [0.05, 0.1) is 29.5 Å². The van der Waals surface area contributed by atoms with Crippen molar-refractivity contribution in [3.63, 3.8) is 0 Å². The molecule has 3 aliphatic rings. The number of nitro groups is 4. The minimum atomic E-state index is -0.779. The lowest BCUT2D eigenvalue weighted by atomic mass is 10.4. The molecule has 60 heavy (non-hydrogen) atoms. The fraction of sp³-hybridized carbons (Fsp3) is 0.464. The summed E-state index contributed by atoms with van der Waals surface area (Å²) < 4.78 is 1.39. The Kier molecular flexibility index (Phi) is 21.5. The van der Waals surface area contributed by atoms with E-state index in [0.717, 1.165) is 59.0 Å². The van der Waals surface area contributed by atoms with Crippen LogP contribution in [0, 0.1) is 40.5 Å². The Bertz CT molecular complexity index is 1940. The lowest BCUT2D eigenvalue weighted by Crippen LogP contribution is -2.34. The van der Waals surface area contributed by atoms with E-state index in [-0.39, 0.29) is 11.9 Å². The summed E-state index contributed by atoms with van der Waals surface area (Å²) in [5, 5.41) is 59.9. The van der Waals surface area contributed by atoms with E-state index in [9.17, 15) is 40.5 Å². The van der Waals surface area contributed by atoms with Gasteiger partial charge in [-0.1, -0.05) is 34.8 Å². The number of aromatic nitrogens is 3. The molecule has 328 valence electrons. The van der Waals surface area contributed by atoms with Gasteiger partial charge >= 0.3 is 0 Å². The molecule has 0 aliphatic carbocycles. The van der Waals surface area contributed by atoms with E-state index in [1.54, 1.807) is 35.3 Å². The molecule has 0 spiro atoms. The Hall–Kier alpha value is -5.07. The Morgan fingerprint density at radius 2 is 1.27 bits per heavy atom. The van der Waals surface area contributed by atoms with Crippen molar-refractivity contribution in [2.45, 2.75) is 19.6 Å². The Labute approximate surface area is 372 Å². The van der Waals surface area contributed by atoms with E-state index < -0.39 is 19.9 Å². The van der Waals surface area contributed by atoms with Crippen LogP contribution in [0.2, 0.25) is 13.4 Å². The van der Waals surface area contributed by atoms with E-state index in [0.29, 0.717) is 64.3 Å². The number of rotatable bonds is 13. The molecule has 5 N–H and O–H groups in total. The summed E-state index contributed by atoms with van der Waals surface area (Å²) in [5.74, 6) is 2.55. The highest BCUT2D eigenvalue weighted by Crippen LogP contribution is 2.22. The monoisotopic (exact) mass is 973 g/mol. The number of thioether (sulfide) groups is 1. The maximum atomic E-state index is 10.4. The lowest BCUT2D eigenvalue weighted by molar-refractivity contribution is -0.485. The molecule has 6 heterocycles. The predicted molar refractivity (Wildman–Crippen MR) is 231 cm³/mol. The van der Waals surface area contributed by atoms with Gasteiger partial charge in [-0.2, -0.15) is 11.8 Å². The first-order valence-electron chi connectivity index (χ1n) is 17.0. The molecule has 0 saturated carbocycles. The molecule has 0 unspecified atom stereocenters. The van der Waals surface area contributed by atoms with Gasteiger partial charge in [0.1, 0.15) is 10.2 Å². The van der Waals surface area contributed by atoms with Gasteiger partial charge in [-0.15, -0.1) is 34.0 Å². The molecule has 32 heteroatoms. The molecule has 0 aromatic carbocycles. The Balaban J connectivity index is 0.000000214. The van der Waals surface area contributed by atoms with Gasteiger partial charge in [0, 0.05) is 91.8 Å². The molecule has 3 aliphatic heterocycles. The van der Waals surface area contributed by atoms with Crippen LogP contribution in [-0.4, -0.2) is 126 Å². The minimum absolute atomic E-state index is 0.0875. The Morgan fingerprint density at radius 3 is 1.73 bits per heavy atom. The van der Waals surface area contributed by atoms with Crippen molar-refractivity contribution in [3.8, 4) is 0 Å². The van der Waals surface area contributed by atoms with Crippen molar-refractivity contribution in [2.75, 3.05) is 64.9 Å². The molecule has 6 rings (SSSR count). The molecular formula is C28H38Cl3N17O8S4. The maximum Gasteiger partial charge on any atom is 0.274 e. The zero-order valence-electron chi connectivity index (χ0n) is 31.6. The largest absolute Gasteiger partial charge is 0.365 e. The van der Waals surface area contributed by atoms with Gasteiger partial charge < -0.3 is 41.3 Å². The van der Waals surface area contributed by atoms with Gasteiger partial charge in [-0.05, 0) is 6.26 Å². The zero-order valence-corrected chi connectivity index (χ0v) is 37.1. The standard InChI is InChI=1S/C8H9ClN4O2S.C7H8ClN5O2S.C7H13N3O2S.C6H8ClN5O2S/c9-8-11-3-6(16-8)4-12-2-1-10-7(12)5-13(14)15;8-6-10-3-5(16-6)4-12-2-1-9-7(12)11-13(14)15;1-13-5-4-9-3-2-8-7(9)6-10(11)12;1-8-6(11-12(13)14)10-3-4-2-9-5(7)15-4/h3,5,10H,1-2,4H2;3H,1-2,4H2,(H,9,11);6,8H,2-5H2,1H3;2H,3H2,1H3,(H2,8,10,11)/b7-5+;;;. The molecule has 3 aromatic rings. The summed E-state index contributed by atoms with van der Waals surface area (Å²) in [5.41, 5.74) is 0. The summed E-state index contributed by atoms with van der Waals surface area (Å²) in [6.45, 7) is 6.84. The molecule has 0 bridgehead atoms. The number of halogens is 3. The number of nitrogens with zero attached hydrogens (tertiary/aromatic N) is 12. The van der Waals surface area contributed by atoms with E-state index in [4.69, 9.17) is 34.8 Å². The third kappa shape index (κ3) is 18.9. The second kappa shape index (κ2) is 26.2. The van der Waals surface area contributed by atoms with Gasteiger partial charge in [0.15, 0.2) is 35.1 Å². The van der Waals surface area contributed by atoms with Crippen molar-refractivity contribution in [2.24, 2.45) is 10.2 Å². The summed E-state index contributed by atoms with van der Waals surface area (Å²) in [6.07, 6.45) is 8.99. The number of hydrazone groups is 2. The van der Waals surface area contributed by atoms with Crippen molar-refractivity contribution in [1.82, 2.24) is 56.2 Å². The molecule has 0 atom stereocenters. The van der Waals surface area contributed by atoms with Crippen LogP contribution in [0.1, 0.15) is 14.6 Å². The first-order chi connectivity index (χ1) is 28.6. The minimum Gasteiger partial charge on any atom is -0.365 e. The highest BCUT2D eigenvalue weighted by atomic mass is 35.5. The van der Waals surface area contributed by atoms with Crippen LogP contribution in [0.3, 0.4) is 0 Å². The topological polar surface area (TPSA) is 306 Å². The average Bonchev–Trinajstić information content (AvgIpc) is 4.06. The molecule has 0 amide bonds. The fourth-order valence-electron chi connectivity index (χ4n) is 4.89. The second-order valence-corrected chi connectivity index (χ2v) is 17.5. The number of hydrogen-bond acceptors (Lipinski definition) is 19. The van der Waals surface area contributed by atoms with Crippen LogP contribution in [0.25, 0.3) is 0 Å². The quantitative estimate of drug-likeness (QED) is 0.0711. The van der Waals surface area contributed by atoms with Gasteiger partial charge in [-0.25, -0.2) is 35.2 Å². The summed E-state index contributed by atoms with van der Waals surface area (Å²) in [7, 11) is 1.54. The predicted octanol–water partition coefficient (Wildman–Crippen LogP) is 3.01. The molecule has 0 radical (unpaired) electrons. The van der Waals surface area contributed by atoms with Crippen LogP contribution >= 0.6 is 80.6 Å². The molecule has 3 aromatic heterocycles. The third-order valence-electron chi connectivity index (χ3n) is 7.34. The van der Waals surface area contributed by atoms with Crippen LogP contribution in [0.15, 0.2) is 52.8 Å². The van der Waals surface area contributed by atoms with Gasteiger partial charge in [0.2, 0.25) is 0 Å². The number of nitrogens with one attached hydrogen (secondary N) is 5. The fourth-order valence-corrected chi connectivity index (χ4v) is 8.19. The summed E-state index contributed by atoms with van der Waals surface area (Å²) in [4.78, 5) is 60.3. The second-order valence-electron chi connectivity index (χ2n) is 11.4. The van der Waals surface area contributed by atoms with Crippen LogP contribution < -0.4 is 26.6 Å². The van der Waals surface area contributed by atoms with Crippen molar-refractivity contribution in [1.29, 1.82) is 0 Å². The van der Waals surface area contributed by atoms with Crippen LogP contribution in [0.4, 0.5) is 0 Å². The van der Waals surface area contributed by atoms with E-state index in [1.807, 2.05) is 16.1 Å². The molecule has 3 saturated heterocycles. The molecule has 25 nitrogen and oxygen atoms in total. The summed E-state index contributed by atoms with van der Waals surface area (Å²) in [6, 6.07) is 0. The smallest absolute Gasteiger partial charge is 0.274 e. The van der Waals surface area contributed by atoms with Crippen molar-refractivity contribution >= 4 is 92.5 Å².